The van der Waals surface area contributed by atoms with Crippen LogP contribution < -0.4 is 10.2 Å². The highest BCUT2D eigenvalue weighted by Crippen LogP contribution is 2.19. The van der Waals surface area contributed by atoms with E-state index < -0.39 is 5.82 Å². The van der Waals surface area contributed by atoms with Crippen LogP contribution in [0.1, 0.15) is 12.0 Å². The summed E-state index contributed by atoms with van der Waals surface area (Å²) in [4.78, 5) is 13.8. The third kappa shape index (κ3) is 4.34. The number of hydrogen-bond acceptors (Lipinski definition) is 3. The maximum Gasteiger partial charge on any atom is 0.246 e. The molecule has 2 rings (SSSR count). The number of nitriles is 1. The fourth-order valence-corrected chi connectivity index (χ4v) is 2.20. The molecule has 0 unspecified atom stereocenters. The van der Waals surface area contributed by atoms with Crippen LogP contribution in [0, 0.1) is 29.5 Å². The number of amides is 1. The Bertz CT molecular complexity index is 805. The van der Waals surface area contributed by atoms with Crippen molar-refractivity contribution in [2.75, 3.05) is 23.3 Å². The molecule has 0 aliphatic carbocycles. The van der Waals surface area contributed by atoms with Crippen LogP contribution in [0.25, 0.3) is 0 Å². The minimum absolute atomic E-state index is 0.0339. The molecule has 0 aromatic heterocycles. The number of halogens is 1. The Kier molecular flexibility index (Phi) is 5.94. The van der Waals surface area contributed by atoms with Crippen molar-refractivity contribution >= 4 is 17.3 Å². The Labute approximate surface area is 140 Å². The van der Waals surface area contributed by atoms with Crippen LogP contribution in [0.5, 0.6) is 0 Å². The maximum absolute atomic E-state index is 14.0. The zero-order valence-corrected chi connectivity index (χ0v) is 13.0. The van der Waals surface area contributed by atoms with Gasteiger partial charge in [0.05, 0.1) is 24.7 Å². The van der Waals surface area contributed by atoms with Gasteiger partial charge in [0, 0.05) is 17.8 Å². The summed E-state index contributed by atoms with van der Waals surface area (Å²) in [6.45, 7) is 0.0934. The van der Waals surface area contributed by atoms with Gasteiger partial charge in [-0.3, -0.25) is 4.79 Å². The lowest BCUT2D eigenvalue weighted by Crippen LogP contribution is -2.37. The Morgan fingerprint density at radius 1 is 1.25 bits per heavy atom. The van der Waals surface area contributed by atoms with Crippen LogP contribution in [0.4, 0.5) is 15.8 Å². The molecule has 24 heavy (non-hydrogen) atoms. The lowest BCUT2D eigenvalue weighted by molar-refractivity contribution is -0.117. The van der Waals surface area contributed by atoms with E-state index in [1.54, 1.807) is 36.4 Å². The smallest absolute Gasteiger partial charge is 0.246 e. The van der Waals surface area contributed by atoms with Crippen molar-refractivity contribution in [3.63, 3.8) is 0 Å². The number of benzene rings is 2. The predicted octanol–water partition coefficient (Wildman–Crippen LogP) is 3.17. The van der Waals surface area contributed by atoms with Crippen LogP contribution in [0.15, 0.2) is 48.5 Å². The normalized spacial score (nSPS) is 9.62. The van der Waals surface area contributed by atoms with Gasteiger partial charge in [-0.15, -0.1) is 6.42 Å². The van der Waals surface area contributed by atoms with E-state index in [2.05, 4.69) is 11.2 Å². The Morgan fingerprint density at radius 2 is 2.04 bits per heavy atom. The van der Waals surface area contributed by atoms with Gasteiger partial charge in [0.25, 0.3) is 0 Å². The molecular weight excluding hydrogens is 305 g/mol. The molecule has 0 radical (unpaired) electrons. The zero-order valence-electron chi connectivity index (χ0n) is 13.0. The highest BCUT2D eigenvalue weighted by atomic mass is 19.1. The second-order valence-electron chi connectivity index (χ2n) is 4.98. The third-order valence-corrected chi connectivity index (χ3v) is 3.36. The molecule has 1 N–H and O–H groups in total. The molecule has 0 saturated carbocycles. The minimum atomic E-state index is -0.502. The van der Waals surface area contributed by atoms with E-state index in [1.165, 1.54) is 17.0 Å². The molecule has 0 aliphatic heterocycles. The number of nitrogens with zero attached hydrogens (tertiary/aromatic N) is 2. The summed E-state index contributed by atoms with van der Waals surface area (Å²) in [7, 11) is 0. The second-order valence-corrected chi connectivity index (χ2v) is 4.98. The zero-order chi connectivity index (χ0) is 17.4. The van der Waals surface area contributed by atoms with Crippen LogP contribution in [0.2, 0.25) is 0 Å². The summed E-state index contributed by atoms with van der Waals surface area (Å²) in [6.07, 6.45) is 5.46. The van der Waals surface area contributed by atoms with Gasteiger partial charge in [-0.1, -0.05) is 24.1 Å². The molecule has 0 spiro atoms. The van der Waals surface area contributed by atoms with Gasteiger partial charge < -0.3 is 10.2 Å². The average molecular weight is 321 g/mol. The predicted molar refractivity (Wildman–Crippen MR) is 91.8 cm³/mol. The fraction of sp³-hybridized carbons (Fsp3) is 0.158. The molecule has 0 aliphatic rings. The minimum Gasteiger partial charge on any atom is -0.376 e. The quantitative estimate of drug-likeness (QED) is 0.832. The van der Waals surface area contributed by atoms with Crippen molar-refractivity contribution in [2.24, 2.45) is 0 Å². The average Bonchev–Trinajstić information content (AvgIpc) is 2.61. The van der Waals surface area contributed by atoms with E-state index in [1.807, 2.05) is 6.07 Å². The van der Waals surface area contributed by atoms with Crippen molar-refractivity contribution in [3.05, 3.63) is 59.9 Å². The maximum atomic E-state index is 14.0. The topological polar surface area (TPSA) is 56.1 Å². The van der Waals surface area contributed by atoms with Crippen molar-refractivity contribution in [2.45, 2.75) is 6.42 Å². The number of hydrogen-bond donors (Lipinski definition) is 1. The molecule has 0 heterocycles. The molecule has 1 amide bonds. The van der Waals surface area contributed by atoms with E-state index in [4.69, 9.17) is 11.7 Å². The first-order valence-corrected chi connectivity index (χ1v) is 7.38. The molecule has 2 aromatic rings. The summed E-state index contributed by atoms with van der Waals surface area (Å²) in [5.74, 6) is 1.68. The molecule has 0 atom stereocenters. The molecule has 0 saturated heterocycles. The van der Waals surface area contributed by atoms with Crippen LogP contribution in [-0.2, 0) is 4.79 Å². The number of rotatable bonds is 6. The SMILES string of the molecule is C#Cc1cccc(NCC(=O)N(CCC#N)c2ccccc2F)c1. The molecule has 4 nitrogen and oxygen atoms in total. The lowest BCUT2D eigenvalue weighted by atomic mass is 10.2. The summed E-state index contributed by atoms with van der Waals surface area (Å²) in [5, 5.41) is 11.7. The van der Waals surface area contributed by atoms with E-state index >= 15 is 0 Å². The first kappa shape index (κ1) is 17.1. The van der Waals surface area contributed by atoms with Crippen molar-refractivity contribution in [1.29, 1.82) is 5.26 Å². The molecule has 120 valence electrons. The van der Waals surface area contributed by atoms with E-state index in [9.17, 15) is 9.18 Å². The molecule has 0 bridgehead atoms. The number of carbonyl (C=O) groups excluding carboxylic acids is 1. The third-order valence-electron chi connectivity index (χ3n) is 3.36. The Hall–Kier alpha value is -3.31. The highest BCUT2D eigenvalue weighted by molar-refractivity contribution is 5.96. The number of nitrogens with one attached hydrogen (secondary N) is 1. The van der Waals surface area contributed by atoms with Crippen LogP contribution >= 0.6 is 0 Å². The summed E-state index contributed by atoms with van der Waals surface area (Å²) < 4.78 is 14.0. The van der Waals surface area contributed by atoms with Gasteiger partial charge >= 0.3 is 0 Å². The number of anilines is 2. The van der Waals surface area contributed by atoms with Crippen molar-refractivity contribution in [1.82, 2.24) is 0 Å². The van der Waals surface area contributed by atoms with Gasteiger partial charge in [-0.2, -0.15) is 5.26 Å². The molecule has 2 aromatic carbocycles. The second kappa shape index (κ2) is 8.36. The van der Waals surface area contributed by atoms with Crippen LogP contribution in [0.3, 0.4) is 0 Å². The van der Waals surface area contributed by atoms with Gasteiger partial charge in [-0.05, 0) is 30.3 Å². The van der Waals surface area contributed by atoms with Gasteiger partial charge in [0.15, 0.2) is 0 Å². The van der Waals surface area contributed by atoms with Crippen molar-refractivity contribution in [3.8, 4) is 18.4 Å². The fourth-order valence-electron chi connectivity index (χ4n) is 2.20. The molecule has 5 heteroatoms. The Balaban J connectivity index is 2.12. The summed E-state index contributed by atoms with van der Waals surface area (Å²) in [5.41, 5.74) is 1.56. The first-order chi connectivity index (χ1) is 11.7. The number of carbonyl (C=O) groups is 1. The summed E-state index contributed by atoms with van der Waals surface area (Å²) >= 11 is 0. The Morgan fingerprint density at radius 3 is 2.75 bits per heavy atom. The van der Waals surface area contributed by atoms with Gasteiger partial charge in [-0.25, -0.2) is 4.39 Å². The molecule has 0 fully saturated rings. The highest BCUT2D eigenvalue weighted by Gasteiger charge is 2.18. The van der Waals surface area contributed by atoms with Gasteiger partial charge in [0.2, 0.25) is 5.91 Å². The first-order valence-electron chi connectivity index (χ1n) is 7.38. The van der Waals surface area contributed by atoms with Crippen LogP contribution in [-0.4, -0.2) is 19.0 Å². The number of para-hydroxylation sites is 1. The van der Waals surface area contributed by atoms with Gasteiger partial charge in [0.1, 0.15) is 5.82 Å². The van der Waals surface area contributed by atoms with E-state index in [0.717, 1.165) is 0 Å². The van der Waals surface area contributed by atoms with Crippen molar-refractivity contribution < 1.29 is 9.18 Å². The largest absolute Gasteiger partial charge is 0.376 e. The van der Waals surface area contributed by atoms with E-state index in [0.29, 0.717) is 11.3 Å². The van der Waals surface area contributed by atoms with E-state index in [-0.39, 0.29) is 31.1 Å². The standard InChI is InChI=1S/C19H16FN3O/c1-2-15-7-5-8-16(13-15)22-14-19(24)23(12-6-11-21)18-10-4-3-9-17(18)20/h1,3-5,7-10,13,22H,6,12,14H2. The molecular formula is C19H16FN3O. The monoisotopic (exact) mass is 321 g/mol. The summed E-state index contributed by atoms with van der Waals surface area (Å²) in [6, 6.07) is 15.1. The lowest BCUT2D eigenvalue weighted by Gasteiger charge is -2.22. The number of terminal acetylenes is 1.